The fraction of sp³-hybridized carbons (Fsp3) is 0.643. The number of nitrogens with one attached hydrogen (secondary N) is 1. The van der Waals surface area contributed by atoms with E-state index in [1.807, 2.05) is 18.3 Å². The second kappa shape index (κ2) is 8.20. The van der Waals surface area contributed by atoms with Crippen molar-refractivity contribution in [1.82, 2.24) is 15.2 Å². The molecule has 1 aromatic rings. The summed E-state index contributed by atoms with van der Waals surface area (Å²) in [6, 6.07) is 6.39. The van der Waals surface area contributed by atoms with Crippen molar-refractivity contribution in [2.24, 2.45) is 0 Å². The summed E-state index contributed by atoms with van der Waals surface area (Å²) in [7, 11) is 0. The van der Waals surface area contributed by atoms with Crippen LogP contribution in [0.1, 0.15) is 38.9 Å². The Morgan fingerprint density at radius 3 is 2.71 bits per heavy atom. The van der Waals surface area contributed by atoms with Crippen LogP contribution < -0.4 is 5.32 Å². The third-order valence-corrected chi connectivity index (χ3v) is 3.00. The molecule has 1 rings (SSSR count). The van der Waals surface area contributed by atoms with Gasteiger partial charge in [-0.15, -0.1) is 0 Å². The molecule has 17 heavy (non-hydrogen) atoms. The van der Waals surface area contributed by atoms with Crippen molar-refractivity contribution in [1.29, 1.82) is 0 Å². The molecule has 1 aromatic heterocycles. The molecule has 1 heterocycles. The fourth-order valence-electron chi connectivity index (χ4n) is 1.92. The van der Waals surface area contributed by atoms with E-state index >= 15 is 0 Å². The van der Waals surface area contributed by atoms with Crippen molar-refractivity contribution in [3.8, 4) is 0 Å². The van der Waals surface area contributed by atoms with E-state index in [4.69, 9.17) is 0 Å². The van der Waals surface area contributed by atoms with Crippen LogP contribution in [0.4, 0.5) is 0 Å². The molecule has 0 bridgehead atoms. The average Bonchev–Trinajstić information content (AvgIpc) is 2.38. The highest BCUT2D eigenvalue weighted by Crippen LogP contribution is 2.06. The van der Waals surface area contributed by atoms with Crippen LogP contribution in [-0.2, 0) is 0 Å². The van der Waals surface area contributed by atoms with Crippen LogP contribution >= 0.6 is 0 Å². The highest BCUT2D eigenvalue weighted by atomic mass is 15.1. The largest absolute Gasteiger partial charge is 0.308 e. The lowest BCUT2D eigenvalue weighted by molar-refractivity contribution is 0.283. The molecule has 96 valence electrons. The lowest BCUT2D eigenvalue weighted by Crippen LogP contribution is -2.33. The zero-order valence-electron chi connectivity index (χ0n) is 11.3. The number of hydrogen-bond acceptors (Lipinski definition) is 3. The molecule has 0 saturated carbocycles. The summed E-state index contributed by atoms with van der Waals surface area (Å²) in [6.45, 7) is 11.1. The summed E-state index contributed by atoms with van der Waals surface area (Å²) in [5, 5.41) is 3.52. The van der Waals surface area contributed by atoms with Crippen LogP contribution in [0.2, 0.25) is 0 Å². The molecular weight excluding hydrogens is 210 g/mol. The van der Waals surface area contributed by atoms with Crippen molar-refractivity contribution in [2.75, 3.05) is 26.2 Å². The van der Waals surface area contributed by atoms with Crippen LogP contribution in [-0.4, -0.2) is 36.1 Å². The van der Waals surface area contributed by atoms with Gasteiger partial charge in [-0.1, -0.05) is 19.9 Å². The summed E-state index contributed by atoms with van der Waals surface area (Å²) in [5.74, 6) is 0. The lowest BCUT2D eigenvalue weighted by atomic mass is 10.2. The van der Waals surface area contributed by atoms with E-state index in [2.05, 4.69) is 42.0 Å². The molecule has 0 saturated heterocycles. The minimum atomic E-state index is 0.330. The second-order valence-electron chi connectivity index (χ2n) is 4.36. The summed E-state index contributed by atoms with van der Waals surface area (Å²) >= 11 is 0. The Labute approximate surface area is 105 Å². The highest BCUT2D eigenvalue weighted by Gasteiger charge is 2.06. The van der Waals surface area contributed by atoms with Crippen molar-refractivity contribution >= 4 is 0 Å². The molecule has 0 aliphatic carbocycles. The van der Waals surface area contributed by atoms with Gasteiger partial charge in [-0.05, 0) is 38.6 Å². The number of pyridine rings is 1. The smallest absolute Gasteiger partial charge is 0.0570 e. The van der Waals surface area contributed by atoms with Crippen molar-refractivity contribution < 1.29 is 0 Å². The molecule has 3 nitrogen and oxygen atoms in total. The SMILES string of the molecule is CCCN(CC)CCNC(C)c1ccccn1. The van der Waals surface area contributed by atoms with E-state index in [9.17, 15) is 0 Å². The Hall–Kier alpha value is -0.930. The number of hydrogen-bond donors (Lipinski definition) is 1. The second-order valence-corrected chi connectivity index (χ2v) is 4.36. The van der Waals surface area contributed by atoms with Crippen LogP contribution in [0.5, 0.6) is 0 Å². The first-order chi connectivity index (χ1) is 8.27. The van der Waals surface area contributed by atoms with Crippen LogP contribution in [0.25, 0.3) is 0 Å². The van der Waals surface area contributed by atoms with Crippen LogP contribution in [0.3, 0.4) is 0 Å². The molecule has 3 heteroatoms. The molecule has 0 aromatic carbocycles. The van der Waals surface area contributed by atoms with Gasteiger partial charge in [-0.25, -0.2) is 0 Å². The molecule has 1 atom stereocenters. The number of likely N-dealkylation sites (N-methyl/N-ethyl adjacent to an activating group) is 1. The van der Waals surface area contributed by atoms with Gasteiger partial charge < -0.3 is 10.2 Å². The summed E-state index contributed by atoms with van der Waals surface area (Å²) < 4.78 is 0. The lowest BCUT2D eigenvalue weighted by Gasteiger charge is -2.21. The zero-order valence-corrected chi connectivity index (χ0v) is 11.3. The Kier molecular flexibility index (Phi) is 6.82. The predicted molar refractivity (Wildman–Crippen MR) is 73.1 cm³/mol. The molecule has 0 radical (unpaired) electrons. The van der Waals surface area contributed by atoms with Gasteiger partial charge in [0.1, 0.15) is 0 Å². The predicted octanol–water partition coefficient (Wildman–Crippen LogP) is 2.46. The Morgan fingerprint density at radius 1 is 1.29 bits per heavy atom. The first-order valence-electron chi connectivity index (χ1n) is 6.64. The Bertz CT molecular complexity index is 287. The molecule has 0 aliphatic heterocycles. The van der Waals surface area contributed by atoms with Crippen LogP contribution in [0, 0.1) is 0 Å². The van der Waals surface area contributed by atoms with Crippen molar-refractivity contribution in [3.63, 3.8) is 0 Å². The van der Waals surface area contributed by atoms with E-state index in [0.717, 1.165) is 25.3 Å². The van der Waals surface area contributed by atoms with E-state index in [-0.39, 0.29) is 0 Å². The van der Waals surface area contributed by atoms with E-state index < -0.39 is 0 Å². The number of nitrogens with zero attached hydrogens (tertiary/aromatic N) is 2. The first-order valence-corrected chi connectivity index (χ1v) is 6.64. The van der Waals surface area contributed by atoms with E-state index in [0.29, 0.717) is 6.04 Å². The van der Waals surface area contributed by atoms with Gasteiger partial charge in [0.25, 0.3) is 0 Å². The number of aromatic nitrogens is 1. The van der Waals surface area contributed by atoms with Gasteiger partial charge in [-0.3, -0.25) is 4.98 Å². The zero-order chi connectivity index (χ0) is 12.5. The van der Waals surface area contributed by atoms with Gasteiger partial charge in [0, 0.05) is 25.3 Å². The third-order valence-electron chi connectivity index (χ3n) is 3.00. The van der Waals surface area contributed by atoms with E-state index in [1.165, 1.54) is 13.0 Å². The molecule has 0 fully saturated rings. The maximum atomic E-state index is 4.36. The first kappa shape index (κ1) is 14.1. The van der Waals surface area contributed by atoms with Gasteiger partial charge in [-0.2, -0.15) is 0 Å². The molecule has 0 aliphatic rings. The monoisotopic (exact) mass is 235 g/mol. The Morgan fingerprint density at radius 2 is 2.12 bits per heavy atom. The van der Waals surface area contributed by atoms with Crippen molar-refractivity contribution in [3.05, 3.63) is 30.1 Å². The average molecular weight is 235 g/mol. The standard InChI is InChI=1S/C14H25N3/c1-4-11-17(5-2)12-10-15-13(3)14-8-6-7-9-16-14/h6-9,13,15H,4-5,10-12H2,1-3H3. The minimum Gasteiger partial charge on any atom is -0.308 e. The fourth-order valence-corrected chi connectivity index (χ4v) is 1.92. The third kappa shape index (κ3) is 5.29. The molecular formula is C14H25N3. The molecule has 1 unspecified atom stereocenters. The Balaban J connectivity index is 2.26. The highest BCUT2D eigenvalue weighted by molar-refractivity contribution is 5.07. The number of rotatable bonds is 8. The maximum absolute atomic E-state index is 4.36. The van der Waals surface area contributed by atoms with Crippen molar-refractivity contribution in [2.45, 2.75) is 33.2 Å². The summed E-state index contributed by atoms with van der Waals surface area (Å²) in [6.07, 6.45) is 3.08. The quantitative estimate of drug-likeness (QED) is 0.750. The summed E-state index contributed by atoms with van der Waals surface area (Å²) in [5.41, 5.74) is 1.12. The van der Waals surface area contributed by atoms with Gasteiger partial charge in [0.15, 0.2) is 0 Å². The minimum absolute atomic E-state index is 0.330. The van der Waals surface area contributed by atoms with Gasteiger partial charge in [0.2, 0.25) is 0 Å². The normalized spacial score (nSPS) is 12.9. The van der Waals surface area contributed by atoms with Gasteiger partial charge >= 0.3 is 0 Å². The van der Waals surface area contributed by atoms with Crippen LogP contribution in [0.15, 0.2) is 24.4 Å². The summed E-state index contributed by atoms with van der Waals surface area (Å²) in [4.78, 5) is 6.83. The maximum Gasteiger partial charge on any atom is 0.0570 e. The molecule has 0 amide bonds. The molecule has 1 N–H and O–H groups in total. The molecule has 0 spiro atoms. The van der Waals surface area contributed by atoms with E-state index in [1.54, 1.807) is 0 Å². The topological polar surface area (TPSA) is 28.2 Å². The van der Waals surface area contributed by atoms with Gasteiger partial charge in [0.05, 0.1) is 5.69 Å².